The van der Waals surface area contributed by atoms with E-state index >= 15 is 0 Å². The highest BCUT2D eigenvalue weighted by Crippen LogP contribution is 2.42. The molecule has 0 radical (unpaired) electrons. The van der Waals surface area contributed by atoms with Gasteiger partial charge in [0.05, 0.1) is 6.54 Å². The van der Waals surface area contributed by atoms with Crippen molar-refractivity contribution in [3.05, 3.63) is 81.0 Å². The summed E-state index contributed by atoms with van der Waals surface area (Å²) in [6.45, 7) is -0.244. The summed E-state index contributed by atoms with van der Waals surface area (Å²) >= 11 is 1.62. The lowest BCUT2D eigenvalue weighted by atomic mass is 9.80. The Labute approximate surface area is 183 Å². The average Bonchev–Trinajstić information content (AvgIpc) is 3.46. The summed E-state index contributed by atoms with van der Waals surface area (Å²) in [6.07, 6.45) is 3.19. The van der Waals surface area contributed by atoms with Crippen LogP contribution in [0.2, 0.25) is 0 Å². The summed E-state index contributed by atoms with van der Waals surface area (Å²) in [7, 11) is 0. The second kappa shape index (κ2) is 6.62. The topological polar surface area (TPSA) is 66.5 Å². The summed E-state index contributed by atoms with van der Waals surface area (Å²) in [5.41, 5.74) is 5.06. The van der Waals surface area contributed by atoms with Gasteiger partial charge in [0.2, 0.25) is 0 Å². The number of nitrogens with zero attached hydrogens (tertiary/aromatic N) is 1. The minimum absolute atomic E-state index is 0.228. The van der Waals surface area contributed by atoms with Crippen LogP contribution in [0.25, 0.3) is 11.1 Å². The first-order valence-electron chi connectivity index (χ1n) is 10.5. The standard InChI is InChI=1S/C25H20N2O3S/c28-21(17-8-7-16-12-15-4-1-2-5-18(15)19(16)13-17)14-27-23(29)25(26-24(27)30)10-3-6-22-20(25)9-11-31-22/h1-2,4-5,7-9,11,13H,3,6,10,12,14H2,(H,26,30)/t25-/m0/s1. The molecule has 0 bridgehead atoms. The van der Waals surface area contributed by atoms with Crippen molar-refractivity contribution in [1.29, 1.82) is 0 Å². The van der Waals surface area contributed by atoms with E-state index in [1.54, 1.807) is 17.4 Å². The first-order valence-corrected chi connectivity index (χ1v) is 11.4. The van der Waals surface area contributed by atoms with Crippen molar-refractivity contribution in [3.63, 3.8) is 0 Å². The lowest BCUT2D eigenvalue weighted by molar-refractivity contribution is -0.131. The second-order valence-electron chi connectivity index (χ2n) is 8.47. The molecular formula is C25H20N2O3S. The Bertz CT molecular complexity index is 1280. The molecule has 31 heavy (non-hydrogen) atoms. The number of benzene rings is 2. The number of fused-ring (bicyclic) bond motifs is 5. The van der Waals surface area contributed by atoms with Gasteiger partial charge in [0, 0.05) is 16.0 Å². The number of carbonyl (C=O) groups excluding carboxylic acids is 3. The number of thiophene rings is 1. The monoisotopic (exact) mass is 428 g/mol. The van der Waals surface area contributed by atoms with Gasteiger partial charge in [0.15, 0.2) is 5.78 Å². The zero-order chi connectivity index (χ0) is 21.2. The highest BCUT2D eigenvalue weighted by atomic mass is 32.1. The number of rotatable bonds is 3. The molecule has 6 rings (SSSR count). The molecule has 1 fully saturated rings. The van der Waals surface area contributed by atoms with Gasteiger partial charge < -0.3 is 5.32 Å². The smallest absolute Gasteiger partial charge is 0.319 e. The quantitative estimate of drug-likeness (QED) is 0.391. The van der Waals surface area contributed by atoms with Gasteiger partial charge in [-0.1, -0.05) is 36.4 Å². The van der Waals surface area contributed by atoms with E-state index in [4.69, 9.17) is 0 Å². The number of aryl methyl sites for hydroxylation is 1. The van der Waals surface area contributed by atoms with Gasteiger partial charge >= 0.3 is 6.03 Å². The number of nitrogens with one attached hydrogen (secondary N) is 1. The van der Waals surface area contributed by atoms with E-state index in [0.29, 0.717) is 12.0 Å². The van der Waals surface area contributed by atoms with Crippen molar-refractivity contribution in [3.8, 4) is 11.1 Å². The van der Waals surface area contributed by atoms with E-state index in [1.165, 1.54) is 11.1 Å². The molecule has 3 amide bonds. The Hall–Kier alpha value is -3.25. The van der Waals surface area contributed by atoms with Gasteiger partial charge in [-0.3, -0.25) is 14.5 Å². The molecule has 2 aromatic carbocycles. The number of amides is 3. The van der Waals surface area contributed by atoms with E-state index in [0.717, 1.165) is 45.7 Å². The molecule has 2 aliphatic carbocycles. The molecule has 5 nitrogen and oxygen atoms in total. The van der Waals surface area contributed by atoms with E-state index in [9.17, 15) is 14.4 Å². The Balaban J connectivity index is 1.29. The molecular weight excluding hydrogens is 408 g/mol. The van der Waals surface area contributed by atoms with Crippen LogP contribution < -0.4 is 5.32 Å². The van der Waals surface area contributed by atoms with E-state index in [2.05, 4.69) is 17.4 Å². The van der Waals surface area contributed by atoms with Crippen LogP contribution in [0.4, 0.5) is 4.79 Å². The van der Waals surface area contributed by atoms with E-state index < -0.39 is 11.6 Å². The minimum Gasteiger partial charge on any atom is -0.319 e. The van der Waals surface area contributed by atoms with Gasteiger partial charge in [-0.25, -0.2) is 4.79 Å². The molecule has 2 heterocycles. The number of imide groups is 1. The maximum Gasteiger partial charge on any atom is 0.325 e. The fourth-order valence-corrected chi connectivity index (χ4v) is 6.22. The van der Waals surface area contributed by atoms with Crippen LogP contribution in [0.3, 0.4) is 0 Å². The van der Waals surface area contributed by atoms with Crippen LogP contribution in [0, 0.1) is 0 Å². The molecule has 0 unspecified atom stereocenters. The third-order valence-electron chi connectivity index (χ3n) is 6.76. The number of ketones is 1. The van der Waals surface area contributed by atoms with Crippen molar-refractivity contribution in [1.82, 2.24) is 10.2 Å². The Morgan fingerprint density at radius 3 is 2.81 bits per heavy atom. The summed E-state index contributed by atoms with van der Waals surface area (Å²) in [5.74, 6) is -0.536. The molecule has 1 aromatic heterocycles. The fraction of sp³-hybridized carbons (Fsp3) is 0.240. The van der Waals surface area contributed by atoms with Gasteiger partial charge in [-0.05, 0) is 65.4 Å². The number of Topliss-reactive ketones (excluding diaryl/α,β-unsaturated/α-hetero) is 1. The summed E-state index contributed by atoms with van der Waals surface area (Å²) < 4.78 is 0. The lowest BCUT2D eigenvalue weighted by Crippen LogP contribution is -2.46. The van der Waals surface area contributed by atoms with E-state index in [1.807, 2.05) is 35.7 Å². The van der Waals surface area contributed by atoms with Crippen LogP contribution in [-0.2, 0) is 23.2 Å². The molecule has 1 N–H and O–H groups in total. The molecule has 1 aliphatic heterocycles. The first-order chi connectivity index (χ1) is 15.1. The van der Waals surface area contributed by atoms with Crippen molar-refractivity contribution in [2.75, 3.05) is 6.54 Å². The predicted octanol–water partition coefficient (Wildman–Crippen LogP) is 4.29. The summed E-state index contributed by atoms with van der Waals surface area (Å²) in [5, 5.41) is 4.88. The third kappa shape index (κ3) is 2.64. The molecule has 0 saturated carbocycles. The molecule has 1 atom stereocenters. The molecule has 3 aromatic rings. The minimum atomic E-state index is -1.01. The zero-order valence-corrected chi connectivity index (χ0v) is 17.6. The average molecular weight is 429 g/mol. The molecule has 6 heteroatoms. The number of urea groups is 1. The highest BCUT2D eigenvalue weighted by molar-refractivity contribution is 7.10. The number of hydrogen-bond acceptors (Lipinski definition) is 4. The number of carbonyl (C=O) groups is 3. The Morgan fingerprint density at radius 1 is 1.06 bits per heavy atom. The molecule has 1 saturated heterocycles. The van der Waals surface area contributed by atoms with E-state index in [-0.39, 0.29) is 18.2 Å². The van der Waals surface area contributed by atoms with Crippen LogP contribution in [-0.4, -0.2) is 29.2 Å². The van der Waals surface area contributed by atoms with Crippen molar-refractivity contribution < 1.29 is 14.4 Å². The molecule has 3 aliphatic rings. The molecule has 1 spiro atoms. The van der Waals surface area contributed by atoms with Crippen LogP contribution in [0.5, 0.6) is 0 Å². The Morgan fingerprint density at radius 2 is 1.90 bits per heavy atom. The van der Waals surface area contributed by atoms with Gasteiger partial charge in [0.25, 0.3) is 5.91 Å². The van der Waals surface area contributed by atoms with Gasteiger partial charge in [0.1, 0.15) is 5.54 Å². The first kappa shape index (κ1) is 18.5. The number of hydrogen-bond donors (Lipinski definition) is 1. The SMILES string of the molecule is O=C(CN1C(=O)N[C@]2(CCCc3sccc32)C1=O)c1ccc2c(c1)-c1ccccc1C2. The van der Waals surface area contributed by atoms with Crippen LogP contribution in [0.15, 0.2) is 53.9 Å². The molecule has 154 valence electrons. The Kier molecular flexibility index (Phi) is 3.96. The largest absolute Gasteiger partial charge is 0.325 e. The maximum atomic E-state index is 13.4. The van der Waals surface area contributed by atoms with Crippen molar-refractivity contribution in [2.45, 2.75) is 31.2 Å². The summed E-state index contributed by atoms with van der Waals surface area (Å²) in [4.78, 5) is 41.5. The normalized spacial score (nSPS) is 21.1. The highest BCUT2D eigenvalue weighted by Gasteiger charge is 2.54. The van der Waals surface area contributed by atoms with Crippen molar-refractivity contribution >= 4 is 29.1 Å². The second-order valence-corrected chi connectivity index (χ2v) is 9.47. The zero-order valence-electron chi connectivity index (χ0n) is 16.8. The lowest BCUT2D eigenvalue weighted by Gasteiger charge is -2.31. The predicted molar refractivity (Wildman–Crippen MR) is 118 cm³/mol. The van der Waals surface area contributed by atoms with Crippen LogP contribution in [0.1, 0.15) is 44.8 Å². The van der Waals surface area contributed by atoms with Gasteiger partial charge in [-0.15, -0.1) is 11.3 Å². The summed E-state index contributed by atoms with van der Waals surface area (Å²) in [6, 6.07) is 15.3. The van der Waals surface area contributed by atoms with Crippen molar-refractivity contribution in [2.24, 2.45) is 0 Å². The van der Waals surface area contributed by atoms with Crippen LogP contribution >= 0.6 is 11.3 Å². The fourth-order valence-electron chi connectivity index (χ4n) is 5.22. The van der Waals surface area contributed by atoms with Gasteiger partial charge in [-0.2, -0.15) is 0 Å². The third-order valence-corrected chi connectivity index (χ3v) is 7.74. The maximum absolute atomic E-state index is 13.4.